The zero-order valence-corrected chi connectivity index (χ0v) is 15.6. The lowest BCUT2D eigenvalue weighted by Crippen LogP contribution is -2.02. The maximum atomic E-state index is 13.3. The number of hydrogen-bond acceptors (Lipinski definition) is 8. The topological polar surface area (TPSA) is 91.8 Å². The number of aromatic nitrogens is 6. The molecule has 0 saturated carbocycles. The van der Waals surface area contributed by atoms with E-state index in [1.54, 1.807) is 16.8 Å². The van der Waals surface area contributed by atoms with Crippen molar-refractivity contribution in [2.75, 3.05) is 6.61 Å². The highest BCUT2D eigenvalue weighted by Gasteiger charge is 2.13. The van der Waals surface area contributed by atoms with Crippen LogP contribution in [0.4, 0.5) is 4.39 Å². The summed E-state index contributed by atoms with van der Waals surface area (Å²) in [7, 11) is 0. The van der Waals surface area contributed by atoms with E-state index in [4.69, 9.17) is 9.15 Å². The highest BCUT2D eigenvalue weighted by atomic mass is 32.2. The molecule has 142 valence electrons. The molecule has 28 heavy (non-hydrogen) atoms. The molecule has 2 aromatic carbocycles. The van der Waals surface area contributed by atoms with Gasteiger partial charge in [0.2, 0.25) is 5.89 Å². The van der Waals surface area contributed by atoms with Gasteiger partial charge in [0.1, 0.15) is 11.6 Å². The molecule has 10 heteroatoms. The first-order valence-electron chi connectivity index (χ1n) is 8.45. The number of rotatable bonds is 7. The molecule has 0 spiro atoms. The number of tetrazole rings is 1. The first-order chi connectivity index (χ1) is 13.7. The van der Waals surface area contributed by atoms with E-state index in [-0.39, 0.29) is 11.7 Å². The second-order valence-electron chi connectivity index (χ2n) is 5.61. The first-order valence-corrected chi connectivity index (χ1v) is 9.44. The number of benzene rings is 2. The number of nitrogens with zero attached hydrogens (tertiary/aromatic N) is 6. The van der Waals surface area contributed by atoms with Gasteiger partial charge in [-0.3, -0.25) is 0 Å². The second-order valence-corrected chi connectivity index (χ2v) is 6.53. The molecule has 0 aliphatic heterocycles. The van der Waals surface area contributed by atoms with E-state index in [0.29, 0.717) is 29.0 Å². The van der Waals surface area contributed by atoms with Crippen LogP contribution in [0, 0.1) is 5.82 Å². The molecule has 4 rings (SSSR count). The summed E-state index contributed by atoms with van der Waals surface area (Å²) in [4.78, 5) is 0. The van der Waals surface area contributed by atoms with Crippen molar-refractivity contribution < 1.29 is 13.5 Å². The summed E-state index contributed by atoms with van der Waals surface area (Å²) in [6, 6.07) is 13.5. The minimum absolute atomic E-state index is 0.258. The molecule has 8 nitrogen and oxygen atoms in total. The fourth-order valence-corrected chi connectivity index (χ4v) is 3.15. The minimum atomic E-state index is -0.362. The molecule has 0 radical (unpaired) electrons. The monoisotopic (exact) mass is 398 g/mol. The van der Waals surface area contributed by atoms with Crippen LogP contribution < -0.4 is 4.74 Å². The molecule has 0 aliphatic carbocycles. The van der Waals surface area contributed by atoms with Gasteiger partial charge in [-0.1, -0.05) is 17.8 Å². The molecule has 0 saturated heterocycles. The third-order valence-electron chi connectivity index (χ3n) is 3.73. The van der Waals surface area contributed by atoms with Crippen LogP contribution in [0.15, 0.2) is 58.2 Å². The highest BCUT2D eigenvalue weighted by molar-refractivity contribution is 7.98. The van der Waals surface area contributed by atoms with Crippen LogP contribution in [-0.2, 0) is 5.75 Å². The van der Waals surface area contributed by atoms with Crippen LogP contribution in [0.3, 0.4) is 0 Å². The Labute approximate surface area is 163 Å². The van der Waals surface area contributed by atoms with Gasteiger partial charge in [-0.25, -0.2) is 4.39 Å². The van der Waals surface area contributed by atoms with E-state index < -0.39 is 0 Å². The Hall–Kier alpha value is -3.27. The van der Waals surface area contributed by atoms with E-state index in [9.17, 15) is 4.39 Å². The largest absolute Gasteiger partial charge is 0.494 e. The zero-order chi connectivity index (χ0) is 19.3. The molecule has 4 aromatic rings. The van der Waals surface area contributed by atoms with Gasteiger partial charge in [0.25, 0.3) is 5.22 Å². The molecule has 0 amide bonds. The third-order valence-corrected chi connectivity index (χ3v) is 4.54. The number of halogens is 1. The molecule has 0 atom stereocenters. The van der Waals surface area contributed by atoms with Crippen LogP contribution in [0.2, 0.25) is 0 Å². The van der Waals surface area contributed by atoms with Gasteiger partial charge in [-0.2, -0.15) is 4.68 Å². The van der Waals surface area contributed by atoms with E-state index in [2.05, 4.69) is 25.7 Å². The Bertz CT molecular complexity index is 1070. The molecular weight excluding hydrogens is 383 g/mol. The van der Waals surface area contributed by atoms with Gasteiger partial charge in [0, 0.05) is 5.56 Å². The third kappa shape index (κ3) is 4.01. The average molecular weight is 398 g/mol. The lowest BCUT2D eigenvalue weighted by atomic mass is 10.2. The van der Waals surface area contributed by atoms with Gasteiger partial charge in [-0.15, -0.1) is 15.3 Å². The number of ether oxygens (including phenoxy) is 1. The molecule has 0 N–H and O–H groups in total. The Balaban J connectivity index is 1.46. The summed E-state index contributed by atoms with van der Waals surface area (Å²) in [5.74, 6) is 1.73. The maximum Gasteiger partial charge on any atom is 0.277 e. The van der Waals surface area contributed by atoms with E-state index in [1.165, 1.54) is 23.9 Å². The summed E-state index contributed by atoms with van der Waals surface area (Å²) in [5.41, 5.74) is 1.34. The SMILES string of the molecule is CCOc1ccc(-n2nnnc2CSc2nnc(-c3cccc(F)c3)o2)cc1. The molecule has 0 fully saturated rings. The van der Waals surface area contributed by atoms with Crippen LogP contribution in [0.25, 0.3) is 17.1 Å². The summed E-state index contributed by atoms with van der Waals surface area (Å²) in [5, 5.41) is 20.1. The lowest BCUT2D eigenvalue weighted by Gasteiger charge is -2.06. The van der Waals surface area contributed by atoms with E-state index in [0.717, 1.165) is 11.4 Å². The quantitative estimate of drug-likeness (QED) is 0.437. The van der Waals surface area contributed by atoms with Crippen LogP contribution in [-0.4, -0.2) is 37.0 Å². The average Bonchev–Trinajstić information content (AvgIpc) is 3.37. The predicted octanol–water partition coefficient (Wildman–Crippen LogP) is 3.54. The van der Waals surface area contributed by atoms with Gasteiger partial charge in [0.05, 0.1) is 18.0 Å². The molecule has 0 aliphatic rings. The van der Waals surface area contributed by atoms with Crippen molar-refractivity contribution in [3.63, 3.8) is 0 Å². The fraction of sp³-hybridized carbons (Fsp3) is 0.167. The Kier molecular flexibility index (Phi) is 5.29. The summed E-state index contributed by atoms with van der Waals surface area (Å²) in [6.07, 6.45) is 0. The predicted molar refractivity (Wildman–Crippen MR) is 99.6 cm³/mol. The smallest absolute Gasteiger partial charge is 0.277 e. The van der Waals surface area contributed by atoms with Crippen molar-refractivity contribution in [2.24, 2.45) is 0 Å². The number of hydrogen-bond donors (Lipinski definition) is 0. The van der Waals surface area contributed by atoms with Gasteiger partial charge >= 0.3 is 0 Å². The van der Waals surface area contributed by atoms with Crippen molar-refractivity contribution in [1.82, 2.24) is 30.4 Å². The van der Waals surface area contributed by atoms with Crippen molar-refractivity contribution in [1.29, 1.82) is 0 Å². The second kappa shape index (κ2) is 8.17. The van der Waals surface area contributed by atoms with Crippen LogP contribution in [0.1, 0.15) is 12.7 Å². The summed E-state index contributed by atoms with van der Waals surface area (Å²) in [6.45, 7) is 2.54. The van der Waals surface area contributed by atoms with E-state index in [1.807, 2.05) is 31.2 Å². The molecule has 0 bridgehead atoms. The highest BCUT2D eigenvalue weighted by Crippen LogP contribution is 2.26. The van der Waals surface area contributed by atoms with Crippen molar-refractivity contribution >= 4 is 11.8 Å². The molecular formula is C18H15FN6O2S. The summed E-state index contributed by atoms with van der Waals surface area (Å²) < 4.78 is 26.0. The first kappa shape index (κ1) is 18.1. The molecule has 2 heterocycles. The zero-order valence-electron chi connectivity index (χ0n) is 14.8. The Morgan fingerprint density at radius 1 is 1.11 bits per heavy atom. The number of thioether (sulfide) groups is 1. The van der Waals surface area contributed by atoms with Gasteiger partial charge in [0.15, 0.2) is 5.82 Å². The van der Waals surface area contributed by atoms with Crippen LogP contribution in [0.5, 0.6) is 5.75 Å². The maximum absolute atomic E-state index is 13.3. The van der Waals surface area contributed by atoms with Gasteiger partial charge in [-0.05, 0) is 59.8 Å². The van der Waals surface area contributed by atoms with Crippen LogP contribution >= 0.6 is 11.8 Å². The Morgan fingerprint density at radius 2 is 1.96 bits per heavy atom. The van der Waals surface area contributed by atoms with Crippen molar-refractivity contribution in [3.05, 3.63) is 60.2 Å². The van der Waals surface area contributed by atoms with Gasteiger partial charge < -0.3 is 9.15 Å². The minimum Gasteiger partial charge on any atom is -0.494 e. The Morgan fingerprint density at radius 3 is 2.75 bits per heavy atom. The standard InChI is InChI=1S/C18H15FN6O2S/c1-2-26-15-8-6-14(7-9-15)25-16(20-23-24-25)11-28-18-22-21-17(27-18)12-4-3-5-13(19)10-12/h3-10H,2,11H2,1H3. The van der Waals surface area contributed by atoms with Crippen molar-refractivity contribution in [2.45, 2.75) is 17.9 Å². The molecule has 2 aromatic heterocycles. The summed E-state index contributed by atoms with van der Waals surface area (Å²) >= 11 is 1.30. The lowest BCUT2D eigenvalue weighted by molar-refractivity contribution is 0.340. The molecule has 0 unspecified atom stereocenters. The fourth-order valence-electron chi connectivity index (χ4n) is 2.48. The van der Waals surface area contributed by atoms with E-state index >= 15 is 0 Å². The van der Waals surface area contributed by atoms with Crippen molar-refractivity contribution in [3.8, 4) is 22.9 Å². The normalized spacial score (nSPS) is 10.9.